The van der Waals surface area contributed by atoms with Crippen LogP contribution in [0.5, 0.6) is 0 Å². The van der Waals surface area contributed by atoms with Gasteiger partial charge in [-0.1, -0.05) is 0 Å². The molecule has 3 nitrogen and oxygen atoms in total. The van der Waals surface area contributed by atoms with Crippen LogP contribution in [0.2, 0.25) is 0 Å². The summed E-state index contributed by atoms with van der Waals surface area (Å²) in [6, 6.07) is 0.315. The van der Waals surface area contributed by atoms with Crippen molar-refractivity contribution in [3.05, 3.63) is 4.85 Å². The Morgan fingerprint density at radius 2 is 1.83 bits per heavy atom. The lowest BCUT2D eigenvalue weighted by molar-refractivity contribution is -0.126. The largest absolute Gasteiger partial charge is 0.379 e. The molecule has 12 heavy (non-hydrogen) atoms. The van der Waals surface area contributed by atoms with Crippen molar-refractivity contribution in [3.8, 4) is 6.19 Å². The number of hydrogen-bond acceptors (Lipinski definition) is 1. The zero-order valence-electron chi connectivity index (χ0n) is 8.46. The second kappa shape index (κ2) is 4.76. The van der Waals surface area contributed by atoms with E-state index in [4.69, 9.17) is 0 Å². The van der Waals surface area contributed by atoms with Crippen LogP contribution < -0.4 is 0 Å². The predicted molar refractivity (Wildman–Crippen MR) is 50.0 cm³/mol. The average Bonchev–Trinajstić information content (AvgIpc) is 1.84. The summed E-state index contributed by atoms with van der Waals surface area (Å²) in [5, 5.41) is 0. The van der Waals surface area contributed by atoms with Gasteiger partial charge in [0.25, 0.3) is 0 Å². The minimum Gasteiger partial charge on any atom is -0.246 e. The van der Waals surface area contributed by atoms with E-state index in [-0.39, 0.29) is 18.0 Å². The fraction of sp³-hybridized carbons (Fsp3) is 0.778. The first kappa shape index (κ1) is 11.0. The molecule has 1 amide bonds. The highest BCUT2D eigenvalue weighted by Crippen LogP contribution is 1.97. The Balaban J connectivity index is 4.37. The van der Waals surface area contributed by atoms with Crippen LogP contribution in [0.25, 0.3) is 4.85 Å². The molecule has 0 atom stereocenters. The molecule has 0 heterocycles. The monoisotopic (exact) mass is 169 g/mol. The van der Waals surface area contributed by atoms with E-state index in [0.29, 0.717) is 0 Å². The second-order valence-corrected chi connectivity index (χ2v) is 3.31. The molecule has 0 rings (SSSR count). The van der Waals surface area contributed by atoms with Gasteiger partial charge in [0, 0.05) is 6.92 Å². The summed E-state index contributed by atoms with van der Waals surface area (Å²) in [4.78, 5) is 16.5. The van der Waals surface area contributed by atoms with E-state index in [9.17, 15) is 4.79 Å². The fourth-order valence-electron chi connectivity index (χ4n) is 0.727. The highest BCUT2D eigenvalue weighted by molar-refractivity contribution is 5.75. The van der Waals surface area contributed by atoms with E-state index < -0.39 is 0 Å². The topological polar surface area (TPSA) is 24.7 Å². The number of carbonyl (C=O) groups excluding carboxylic acids is 1. The van der Waals surface area contributed by atoms with E-state index >= 15 is 0 Å². The van der Waals surface area contributed by atoms with Crippen LogP contribution in [-0.4, -0.2) is 22.9 Å². The summed E-state index contributed by atoms with van der Waals surface area (Å²) in [6.45, 7) is 9.29. The van der Waals surface area contributed by atoms with E-state index in [0.717, 1.165) is 0 Å². The molecule has 0 spiro atoms. The Morgan fingerprint density at radius 1 is 1.33 bits per heavy atom. The van der Waals surface area contributed by atoms with Crippen LogP contribution in [0, 0.1) is 6.19 Å². The van der Waals surface area contributed by atoms with Gasteiger partial charge in [-0.05, 0) is 27.7 Å². The van der Waals surface area contributed by atoms with Crippen molar-refractivity contribution in [2.45, 2.75) is 46.7 Å². The molecule has 0 N–H and O–H groups in total. The molecular formula is C9H17N2O+. The molecule has 0 bridgehead atoms. The third-order valence-electron chi connectivity index (χ3n) is 1.28. The first-order valence-corrected chi connectivity index (χ1v) is 4.20. The van der Waals surface area contributed by atoms with Gasteiger partial charge >= 0.3 is 12.1 Å². The summed E-state index contributed by atoms with van der Waals surface area (Å²) in [6.07, 6.45) is 2.73. The smallest absolute Gasteiger partial charge is 0.246 e. The molecule has 0 aliphatic carbocycles. The lowest BCUT2D eigenvalue weighted by Crippen LogP contribution is -2.30. The van der Waals surface area contributed by atoms with Gasteiger partial charge in [-0.15, -0.1) is 4.90 Å². The number of nitrogens with zero attached hydrogens (tertiary/aromatic N) is 2. The van der Waals surface area contributed by atoms with Crippen LogP contribution >= 0.6 is 0 Å². The van der Waals surface area contributed by atoms with E-state index in [1.54, 1.807) is 0 Å². The molecule has 3 heteroatoms. The van der Waals surface area contributed by atoms with E-state index in [1.807, 2.05) is 27.7 Å². The minimum atomic E-state index is -0.0191. The zero-order chi connectivity index (χ0) is 9.72. The van der Waals surface area contributed by atoms with Crippen LogP contribution in [0.1, 0.15) is 34.6 Å². The van der Waals surface area contributed by atoms with Crippen molar-refractivity contribution in [2.24, 2.45) is 0 Å². The van der Waals surface area contributed by atoms with Gasteiger partial charge in [0.05, 0.1) is 0 Å². The van der Waals surface area contributed by atoms with E-state index in [1.165, 1.54) is 11.8 Å². The Kier molecular flexibility index (Phi) is 4.35. The van der Waals surface area contributed by atoms with Gasteiger partial charge in [0.2, 0.25) is 0 Å². The zero-order valence-corrected chi connectivity index (χ0v) is 8.46. The average molecular weight is 169 g/mol. The van der Waals surface area contributed by atoms with Crippen molar-refractivity contribution in [3.63, 3.8) is 0 Å². The summed E-state index contributed by atoms with van der Waals surface area (Å²) >= 11 is 0. The SMILES string of the molecule is CC(=O)N(C#[N+]C(C)C)C(C)C. The Labute approximate surface area is 74.2 Å². The lowest BCUT2D eigenvalue weighted by Gasteiger charge is -2.06. The van der Waals surface area contributed by atoms with Gasteiger partial charge < -0.3 is 0 Å². The van der Waals surface area contributed by atoms with Crippen molar-refractivity contribution in [1.29, 1.82) is 0 Å². The maximum atomic E-state index is 11.0. The first-order valence-electron chi connectivity index (χ1n) is 4.20. The molecule has 0 fully saturated rings. The highest BCUT2D eigenvalue weighted by Gasteiger charge is 2.19. The summed E-state index contributed by atoms with van der Waals surface area (Å²) in [5.74, 6) is -0.0191. The Bertz CT molecular complexity index is 210. The molecule has 68 valence electrons. The van der Waals surface area contributed by atoms with Gasteiger partial charge in [0.15, 0.2) is 6.04 Å². The van der Waals surface area contributed by atoms with Gasteiger partial charge in [-0.25, -0.2) is 4.79 Å². The fourth-order valence-corrected chi connectivity index (χ4v) is 0.727. The quantitative estimate of drug-likeness (QED) is 0.435. The van der Waals surface area contributed by atoms with Crippen molar-refractivity contribution < 1.29 is 4.79 Å². The maximum Gasteiger partial charge on any atom is 0.379 e. The standard InChI is InChI=1S/C9H17N2O/c1-7(2)10-6-11(8(3)4)9(5)12/h7-8H,1-5H3/q+1. The number of rotatable bonds is 1. The van der Waals surface area contributed by atoms with Gasteiger partial charge in [-0.3, -0.25) is 0 Å². The van der Waals surface area contributed by atoms with E-state index in [2.05, 4.69) is 11.0 Å². The highest BCUT2D eigenvalue weighted by atomic mass is 16.2. The molecule has 0 saturated carbocycles. The summed E-state index contributed by atoms with van der Waals surface area (Å²) < 4.78 is 0. The second-order valence-electron chi connectivity index (χ2n) is 3.31. The molecule has 0 radical (unpaired) electrons. The Morgan fingerprint density at radius 3 is 2.08 bits per heavy atom. The number of hydrogen-bond donors (Lipinski definition) is 0. The third kappa shape index (κ3) is 3.97. The molecule has 0 saturated heterocycles. The number of amides is 1. The molecule has 0 aromatic rings. The summed E-state index contributed by atoms with van der Waals surface area (Å²) in [7, 11) is 0. The van der Waals surface area contributed by atoms with Gasteiger partial charge in [0.1, 0.15) is 6.04 Å². The van der Waals surface area contributed by atoms with Crippen molar-refractivity contribution in [1.82, 2.24) is 4.90 Å². The third-order valence-corrected chi connectivity index (χ3v) is 1.28. The van der Waals surface area contributed by atoms with Crippen LogP contribution in [-0.2, 0) is 4.79 Å². The van der Waals surface area contributed by atoms with Crippen molar-refractivity contribution in [2.75, 3.05) is 0 Å². The van der Waals surface area contributed by atoms with Crippen LogP contribution in [0.3, 0.4) is 0 Å². The molecule has 0 aromatic heterocycles. The van der Waals surface area contributed by atoms with Crippen LogP contribution in [0.15, 0.2) is 0 Å². The number of carbonyl (C=O) groups is 1. The van der Waals surface area contributed by atoms with Crippen molar-refractivity contribution >= 4 is 5.91 Å². The molecular weight excluding hydrogens is 152 g/mol. The predicted octanol–water partition coefficient (Wildman–Crippen LogP) is 1.94. The molecule has 0 unspecified atom stereocenters. The Hall–Kier alpha value is -1.04. The lowest BCUT2D eigenvalue weighted by atomic mass is 10.3. The first-order chi connectivity index (χ1) is 5.45. The molecule has 0 aromatic carbocycles. The maximum absolute atomic E-state index is 11.0. The van der Waals surface area contributed by atoms with Gasteiger partial charge in [-0.2, -0.15) is 4.85 Å². The minimum absolute atomic E-state index is 0.0191. The molecule has 0 aliphatic heterocycles. The normalized spacial score (nSPS) is 9.58. The summed E-state index contributed by atoms with van der Waals surface area (Å²) in [5.41, 5.74) is 0. The molecule has 0 aliphatic rings. The van der Waals surface area contributed by atoms with Crippen LogP contribution in [0.4, 0.5) is 0 Å².